The van der Waals surface area contributed by atoms with Crippen LogP contribution in [0.5, 0.6) is 0 Å². The molecule has 40 heavy (non-hydrogen) atoms. The van der Waals surface area contributed by atoms with E-state index >= 15 is 0 Å². The summed E-state index contributed by atoms with van der Waals surface area (Å²) in [6, 6.07) is -2.98. The molecule has 2 aliphatic rings. The molecule has 8 N–H and O–H groups in total. The first-order chi connectivity index (χ1) is 19.0. The Bertz CT molecular complexity index is 908. The number of nitrogens with two attached hydrogens (primary N) is 1. The van der Waals surface area contributed by atoms with E-state index in [2.05, 4.69) is 26.6 Å². The van der Waals surface area contributed by atoms with Gasteiger partial charge in [-0.25, -0.2) is 4.79 Å². The number of nitrogens with zero attached hydrogens (tertiary/aromatic N) is 1. The lowest BCUT2D eigenvalue weighted by molar-refractivity contribution is -0.142. The van der Waals surface area contributed by atoms with Crippen molar-refractivity contribution >= 4 is 35.5 Å². The maximum Gasteiger partial charge on any atom is 0.326 e. The number of aliphatic carboxylic acids is 1. The molecule has 0 bridgehead atoms. The van der Waals surface area contributed by atoms with E-state index in [9.17, 15) is 33.9 Å². The second-order valence-electron chi connectivity index (χ2n) is 10.8. The number of carboxylic acid groups (broad SMARTS) is 1. The fourth-order valence-electron chi connectivity index (χ4n) is 4.92. The highest BCUT2D eigenvalue weighted by molar-refractivity contribution is 5.94. The number of carbonyl (C=O) groups excluding carboxylic acids is 5. The van der Waals surface area contributed by atoms with E-state index in [1.54, 1.807) is 4.90 Å². The molecule has 0 unspecified atom stereocenters. The summed E-state index contributed by atoms with van der Waals surface area (Å²) >= 11 is 0. The van der Waals surface area contributed by atoms with Crippen molar-refractivity contribution in [2.45, 2.75) is 89.4 Å². The largest absolute Gasteiger partial charge is 0.480 e. The number of hydrogen-bond donors (Lipinski definition) is 7. The van der Waals surface area contributed by atoms with Crippen molar-refractivity contribution in [2.24, 2.45) is 11.7 Å². The zero-order valence-corrected chi connectivity index (χ0v) is 23.5. The maximum absolute atomic E-state index is 12.8. The maximum atomic E-state index is 12.8. The number of likely N-dealkylation sites (tertiary alicyclic amines) is 1. The summed E-state index contributed by atoms with van der Waals surface area (Å²) < 4.78 is 0. The van der Waals surface area contributed by atoms with E-state index < -0.39 is 54.3 Å². The van der Waals surface area contributed by atoms with E-state index in [0.717, 1.165) is 19.4 Å². The Labute approximate surface area is 234 Å². The van der Waals surface area contributed by atoms with E-state index in [1.165, 1.54) is 0 Å². The van der Waals surface area contributed by atoms with Crippen LogP contribution in [0.25, 0.3) is 0 Å². The standard InChI is InChI=1S/C26H45N7O7/c1-16(2)13-19(26(39)40)32-22(35)14-29-23(36)17(7-3-4-10-27)31-21(34)15-30-24(37)20-9-6-12-33(20)25(38)18-8-5-11-28-18/h16-20,28H,3-15,27H2,1-2H3,(H,29,36)(H,30,37)(H,31,34)(H,32,35)(H,39,40)/t17-,18-,19-,20-/m0/s1. The van der Waals surface area contributed by atoms with Gasteiger partial charge in [-0.15, -0.1) is 0 Å². The zero-order chi connectivity index (χ0) is 29.7. The minimum Gasteiger partial charge on any atom is -0.480 e. The summed E-state index contributed by atoms with van der Waals surface area (Å²) in [5.41, 5.74) is 5.54. The lowest BCUT2D eigenvalue weighted by Gasteiger charge is -2.26. The highest BCUT2D eigenvalue weighted by atomic mass is 16.4. The molecule has 14 heteroatoms. The molecule has 2 fully saturated rings. The Morgan fingerprint density at radius 3 is 2.23 bits per heavy atom. The van der Waals surface area contributed by atoms with Crippen LogP contribution in [0.3, 0.4) is 0 Å². The zero-order valence-electron chi connectivity index (χ0n) is 23.5. The van der Waals surface area contributed by atoms with Gasteiger partial charge in [-0.05, 0) is 70.4 Å². The van der Waals surface area contributed by atoms with Gasteiger partial charge < -0.3 is 42.3 Å². The van der Waals surface area contributed by atoms with Gasteiger partial charge in [0, 0.05) is 6.54 Å². The van der Waals surface area contributed by atoms with Crippen molar-refractivity contribution in [3.05, 3.63) is 0 Å². The summed E-state index contributed by atoms with van der Waals surface area (Å²) in [6.07, 6.45) is 4.51. The molecule has 14 nitrogen and oxygen atoms in total. The number of carbonyl (C=O) groups is 6. The molecule has 0 radical (unpaired) electrons. The third-order valence-corrected chi connectivity index (χ3v) is 6.98. The molecule has 2 rings (SSSR count). The van der Waals surface area contributed by atoms with Crippen molar-refractivity contribution in [3.63, 3.8) is 0 Å². The van der Waals surface area contributed by atoms with Crippen LogP contribution < -0.4 is 32.3 Å². The Kier molecular flexibility index (Phi) is 13.8. The van der Waals surface area contributed by atoms with Crippen molar-refractivity contribution < 1.29 is 33.9 Å². The fourth-order valence-corrected chi connectivity index (χ4v) is 4.92. The van der Waals surface area contributed by atoms with E-state index in [1.807, 2.05) is 13.8 Å². The molecule has 4 atom stereocenters. The number of unbranched alkanes of at least 4 members (excludes halogenated alkanes) is 1. The molecule has 2 saturated heterocycles. The first-order valence-electron chi connectivity index (χ1n) is 14.1. The van der Waals surface area contributed by atoms with Crippen LogP contribution in [0.1, 0.15) is 65.2 Å². The Morgan fingerprint density at radius 2 is 1.62 bits per heavy atom. The Morgan fingerprint density at radius 1 is 0.950 bits per heavy atom. The summed E-state index contributed by atoms with van der Waals surface area (Å²) in [5, 5.41) is 22.4. The van der Waals surface area contributed by atoms with Gasteiger partial charge in [0.15, 0.2) is 0 Å². The van der Waals surface area contributed by atoms with Gasteiger partial charge in [-0.3, -0.25) is 24.0 Å². The van der Waals surface area contributed by atoms with Gasteiger partial charge in [-0.1, -0.05) is 13.8 Å². The SMILES string of the molecule is CC(C)C[C@H](NC(=O)CNC(=O)[C@H](CCCCN)NC(=O)CNC(=O)[C@@H]1CCCN1C(=O)[C@@H]1CCCN1)C(=O)O. The molecular weight excluding hydrogens is 522 g/mol. The highest BCUT2D eigenvalue weighted by Crippen LogP contribution is 2.20. The number of hydrogen-bond acceptors (Lipinski definition) is 8. The minimum absolute atomic E-state index is 0.0418. The molecule has 2 aliphatic heterocycles. The van der Waals surface area contributed by atoms with Gasteiger partial charge in [0.1, 0.15) is 18.1 Å². The van der Waals surface area contributed by atoms with Gasteiger partial charge in [-0.2, -0.15) is 0 Å². The summed E-state index contributed by atoms with van der Waals surface area (Å²) in [6.45, 7) is 4.49. The first kappa shape index (κ1) is 32.9. The smallest absolute Gasteiger partial charge is 0.326 e. The van der Waals surface area contributed by atoms with Gasteiger partial charge in [0.2, 0.25) is 29.5 Å². The van der Waals surface area contributed by atoms with Crippen LogP contribution in [0.4, 0.5) is 0 Å². The van der Waals surface area contributed by atoms with Crippen LogP contribution in [-0.2, 0) is 28.8 Å². The van der Waals surface area contributed by atoms with Crippen LogP contribution in [0, 0.1) is 5.92 Å². The molecule has 2 heterocycles. The average molecular weight is 568 g/mol. The van der Waals surface area contributed by atoms with Gasteiger partial charge >= 0.3 is 5.97 Å². The van der Waals surface area contributed by atoms with Crippen LogP contribution in [0.2, 0.25) is 0 Å². The predicted molar refractivity (Wildman–Crippen MR) is 146 cm³/mol. The first-order valence-corrected chi connectivity index (χ1v) is 14.1. The van der Waals surface area contributed by atoms with Crippen LogP contribution >= 0.6 is 0 Å². The molecule has 0 aromatic rings. The van der Waals surface area contributed by atoms with Crippen molar-refractivity contribution in [2.75, 3.05) is 32.7 Å². The normalized spacial score (nSPS) is 20.1. The average Bonchev–Trinajstić information content (AvgIpc) is 3.62. The Balaban J connectivity index is 1.87. The van der Waals surface area contributed by atoms with Crippen LogP contribution in [0.15, 0.2) is 0 Å². The number of nitrogens with one attached hydrogen (secondary N) is 5. The molecule has 0 spiro atoms. The lowest BCUT2D eigenvalue weighted by Crippen LogP contribution is -2.54. The second-order valence-corrected chi connectivity index (χ2v) is 10.8. The summed E-state index contributed by atoms with van der Waals surface area (Å²) in [7, 11) is 0. The Hall–Kier alpha value is -3.26. The van der Waals surface area contributed by atoms with Crippen molar-refractivity contribution in [3.8, 4) is 0 Å². The molecule has 0 aliphatic carbocycles. The second kappa shape index (κ2) is 16.8. The molecule has 226 valence electrons. The number of rotatable bonds is 16. The third-order valence-electron chi connectivity index (χ3n) is 6.98. The van der Waals surface area contributed by atoms with E-state index in [-0.39, 0.29) is 37.3 Å². The third kappa shape index (κ3) is 10.7. The highest BCUT2D eigenvalue weighted by Gasteiger charge is 2.38. The topological polar surface area (TPSA) is 212 Å². The minimum atomic E-state index is -1.16. The number of carboxylic acids is 1. The quantitative estimate of drug-likeness (QED) is 0.105. The molecule has 0 aromatic heterocycles. The summed E-state index contributed by atoms with van der Waals surface area (Å²) in [4.78, 5) is 76.2. The molecule has 0 aromatic carbocycles. The number of amides is 5. The lowest BCUT2D eigenvalue weighted by atomic mass is 10.0. The van der Waals surface area contributed by atoms with E-state index in [0.29, 0.717) is 38.8 Å². The van der Waals surface area contributed by atoms with Gasteiger partial charge in [0.25, 0.3) is 0 Å². The van der Waals surface area contributed by atoms with Crippen molar-refractivity contribution in [1.29, 1.82) is 0 Å². The predicted octanol–water partition coefficient (Wildman–Crippen LogP) is -1.81. The molecular formula is C26H45N7O7. The van der Waals surface area contributed by atoms with Crippen molar-refractivity contribution in [1.82, 2.24) is 31.5 Å². The van der Waals surface area contributed by atoms with E-state index in [4.69, 9.17) is 5.73 Å². The molecule has 0 saturated carbocycles. The van der Waals surface area contributed by atoms with Crippen LogP contribution in [-0.4, -0.2) is 102 Å². The summed E-state index contributed by atoms with van der Waals surface area (Å²) in [5.74, 6) is -3.51. The monoisotopic (exact) mass is 567 g/mol. The van der Waals surface area contributed by atoms with Gasteiger partial charge in [0.05, 0.1) is 19.1 Å². The fraction of sp³-hybridized carbons (Fsp3) is 0.769. The molecule has 5 amide bonds.